The van der Waals surface area contributed by atoms with Gasteiger partial charge in [0.2, 0.25) is 0 Å². The molecule has 0 aliphatic carbocycles. The van der Waals surface area contributed by atoms with Gasteiger partial charge in [-0.1, -0.05) is 0 Å². The molecular formula is C15H26N4O3. The zero-order chi connectivity index (χ0) is 15.8. The van der Waals surface area contributed by atoms with Gasteiger partial charge in [0.25, 0.3) is 0 Å². The van der Waals surface area contributed by atoms with Crippen LogP contribution in [-0.4, -0.2) is 60.2 Å². The number of carbonyl (C=O) groups excluding carboxylic acids is 1. The summed E-state index contributed by atoms with van der Waals surface area (Å²) in [6.45, 7) is 2.93. The minimum atomic E-state index is -0.0879. The van der Waals surface area contributed by atoms with E-state index in [1.165, 1.54) is 6.42 Å². The number of carbonyl (C=O) groups is 1. The van der Waals surface area contributed by atoms with E-state index >= 15 is 0 Å². The summed E-state index contributed by atoms with van der Waals surface area (Å²) in [5.74, 6) is 0. The minimum Gasteiger partial charge on any atom is -0.383 e. The number of amides is 2. The van der Waals surface area contributed by atoms with Crippen molar-refractivity contribution in [2.75, 3.05) is 33.4 Å². The number of rotatable bonds is 7. The van der Waals surface area contributed by atoms with Crippen molar-refractivity contribution in [3.05, 3.63) is 18.0 Å². The molecule has 7 heteroatoms. The number of nitrogens with one attached hydrogen (secondary N) is 1. The second-order valence-corrected chi connectivity index (χ2v) is 5.61. The number of aryl methyl sites for hydroxylation is 1. The third-order valence-corrected chi connectivity index (χ3v) is 3.74. The third-order valence-electron chi connectivity index (χ3n) is 3.74. The first kappa shape index (κ1) is 16.8. The fourth-order valence-corrected chi connectivity index (χ4v) is 2.51. The van der Waals surface area contributed by atoms with Gasteiger partial charge in [-0.3, -0.25) is 4.68 Å². The second kappa shape index (κ2) is 8.75. The maximum atomic E-state index is 12.4. The molecule has 2 rings (SSSR count). The molecule has 22 heavy (non-hydrogen) atoms. The molecule has 7 nitrogen and oxygen atoms in total. The Kier molecular flexibility index (Phi) is 6.67. The Hall–Kier alpha value is -1.60. The number of nitrogens with zero attached hydrogens (tertiary/aromatic N) is 3. The lowest BCUT2D eigenvalue weighted by Gasteiger charge is -2.26. The molecule has 0 aromatic carbocycles. The number of methoxy groups -OCH3 is 1. The zero-order valence-electron chi connectivity index (χ0n) is 13.5. The summed E-state index contributed by atoms with van der Waals surface area (Å²) in [5.41, 5.74) is 1.00. The predicted octanol–water partition coefficient (Wildman–Crippen LogP) is 1.15. The molecule has 0 radical (unpaired) electrons. The van der Waals surface area contributed by atoms with E-state index in [0.29, 0.717) is 26.2 Å². The largest absolute Gasteiger partial charge is 0.383 e. The van der Waals surface area contributed by atoms with Crippen LogP contribution in [0.3, 0.4) is 0 Å². The Labute approximate surface area is 131 Å². The quantitative estimate of drug-likeness (QED) is 0.820. The molecule has 1 N–H and O–H groups in total. The normalized spacial score (nSPS) is 18.2. The van der Waals surface area contributed by atoms with Crippen LogP contribution in [0.25, 0.3) is 0 Å². The van der Waals surface area contributed by atoms with Gasteiger partial charge < -0.3 is 19.7 Å². The highest BCUT2D eigenvalue weighted by atomic mass is 16.5. The Bertz CT molecular complexity index is 457. The van der Waals surface area contributed by atoms with Crippen molar-refractivity contribution in [3.8, 4) is 0 Å². The van der Waals surface area contributed by atoms with Crippen LogP contribution in [-0.2, 0) is 23.1 Å². The molecule has 2 heterocycles. The fourth-order valence-electron chi connectivity index (χ4n) is 2.51. The highest BCUT2D eigenvalue weighted by Gasteiger charge is 2.18. The summed E-state index contributed by atoms with van der Waals surface area (Å²) in [5, 5.41) is 7.10. The number of urea groups is 1. The molecule has 0 spiro atoms. The Morgan fingerprint density at radius 1 is 1.59 bits per heavy atom. The first-order valence-electron chi connectivity index (χ1n) is 7.80. The summed E-state index contributed by atoms with van der Waals surface area (Å²) in [6, 6.07) is -0.0879. The molecule has 1 aromatic rings. The molecule has 0 bridgehead atoms. The number of aromatic nitrogens is 2. The van der Waals surface area contributed by atoms with Crippen LogP contribution in [0.5, 0.6) is 0 Å². The van der Waals surface area contributed by atoms with Crippen LogP contribution in [0.2, 0.25) is 0 Å². The predicted molar refractivity (Wildman–Crippen MR) is 82.5 cm³/mol. The first-order valence-corrected chi connectivity index (χ1v) is 7.80. The smallest absolute Gasteiger partial charge is 0.317 e. The Morgan fingerprint density at radius 2 is 2.45 bits per heavy atom. The van der Waals surface area contributed by atoms with E-state index in [4.69, 9.17) is 9.47 Å². The van der Waals surface area contributed by atoms with Gasteiger partial charge in [0.1, 0.15) is 0 Å². The lowest BCUT2D eigenvalue weighted by atomic mass is 10.1. The van der Waals surface area contributed by atoms with Gasteiger partial charge in [-0.05, 0) is 19.3 Å². The number of hydrogen-bond donors (Lipinski definition) is 1. The van der Waals surface area contributed by atoms with Gasteiger partial charge in [0, 0.05) is 45.6 Å². The average molecular weight is 310 g/mol. The molecule has 0 saturated carbocycles. The lowest BCUT2D eigenvalue weighted by Crippen LogP contribution is -2.44. The highest BCUT2D eigenvalue weighted by Crippen LogP contribution is 2.12. The zero-order valence-corrected chi connectivity index (χ0v) is 13.5. The monoisotopic (exact) mass is 310 g/mol. The Balaban J connectivity index is 1.84. The van der Waals surface area contributed by atoms with Gasteiger partial charge in [0.05, 0.1) is 25.5 Å². The van der Waals surface area contributed by atoms with E-state index in [0.717, 1.165) is 25.0 Å². The van der Waals surface area contributed by atoms with Crippen LogP contribution >= 0.6 is 0 Å². The maximum absolute atomic E-state index is 12.4. The molecule has 1 aliphatic rings. The molecule has 1 aliphatic heterocycles. The van der Waals surface area contributed by atoms with E-state index in [-0.39, 0.29) is 12.1 Å². The van der Waals surface area contributed by atoms with Crippen LogP contribution in [0, 0.1) is 0 Å². The van der Waals surface area contributed by atoms with Crippen LogP contribution in [0.15, 0.2) is 12.4 Å². The van der Waals surface area contributed by atoms with Gasteiger partial charge >= 0.3 is 6.03 Å². The van der Waals surface area contributed by atoms with Gasteiger partial charge in [0.15, 0.2) is 0 Å². The molecule has 1 fully saturated rings. The molecule has 1 atom stereocenters. The van der Waals surface area contributed by atoms with Crippen LogP contribution in [0.4, 0.5) is 4.79 Å². The average Bonchev–Trinajstić information content (AvgIpc) is 2.95. The van der Waals surface area contributed by atoms with Gasteiger partial charge in [-0.15, -0.1) is 0 Å². The van der Waals surface area contributed by atoms with Crippen molar-refractivity contribution in [3.63, 3.8) is 0 Å². The van der Waals surface area contributed by atoms with E-state index in [1.54, 1.807) is 22.9 Å². The summed E-state index contributed by atoms with van der Waals surface area (Å²) in [4.78, 5) is 14.1. The summed E-state index contributed by atoms with van der Waals surface area (Å²) >= 11 is 0. The maximum Gasteiger partial charge on any atom is 0.317 e. The minimum absolute atomic E-state index is 0.0879. The van der Waals surface area contributed by atoms with Crippen molar-refractivity contribution in [1.82, 2.24) is 20.0 Å². The first-order chi connectivity index (χ1) is 10.7. The molecule has 0 unspecified atom stereocenters. The van der Waals surface area contributed by atoms with Crippen LogP contribution < -0.4 is 5.32 Å². The molecule has 1 saturated heterocycles. The summed E-state index contributed by atoms with van der Waals surface area (Å²) in [6.07, 6.45) is 7.13. The topological polar surface area (TPSA) is 68.6 Å². The van der Waals surface area contributed by atoms with E-state index in [9.17, 15) is 4.79 Å². The van der Waals surface area contributed by atoms with Crippen molar-refractivity contribution in [2.45, 2.75) is 31.9 Å². The lowest BCUT2D eigenvalue weighted by molar-refractivity contribution is 0.0175. The van der Waals surface area contributed by atoms with Crippen molar-refractivity contribution < 1.29 is 14.3 Å². The highest BCUT2D eigenvalue weighted by molar-refractivity contribution is 5.74. The van der Waals surface area contributed by atoms with E-state index < -0.39 is 0 Å². The molecule has 2 amide bonds. The molecule has 1 aromatic heterocycles. The van der Waals surface area contributed by atoms with Crippen LogP contribution in [0.1, 0.15) is 24.8 Å². The standard InChI is InChI=1S/C15H26N4O3/c1-18-11-13(9-17-18)12-19(6-8-21-2)15(20)16-10-14-5-3-4-7-22-14/h9,11,14H,3-8,10,12H2,1-2H3,(H,16,20)/t14-/m0/s1. The van der Waals surface area contributed by atoms with Crippen molar-refractivity contribution in [1.29, 1.82) is 0 Å². The fraction of sp³-hybridized carbons (Fsp3) is 0.733. The van der Waals surface area contributed by atoms with Gasteiger partial charge in [-0.2, -0.15) is 5.10 Å². The van der Waals surface area contributed by atoms with E-state index in [2.05, 4.69) is 10.4 Å². The molecular weight excluding hydrogens is 284 g/mol. The van der Waals surface area contributed by atoms with Crippen molar-refractivity contribution >= 4 is 6.03 Å². The molecule has 124 valence electrons. The third kappa shape index (κ3) is 5.31. The Morgan fingerprint density at radius 3 is 3.09 bits per heavy atom. The second-order valence-electron chi connectivity index (χ2n) is 5.61. The SMILES string of the molecule is COCCN(Cc1cnn(C)c1)C(=O)NC[C@@H]1CCCCO1. The van der Waals surface area contributed by atoms with Crippen molar-refractivity contribution in [2.24, 2.45) is 7.05 Å². The number of ether oxygens (including phenoxy) is 2. The van der Waals surface area contributed by atoms with E-state index in [1.807, 2.05) is 13.2 Å². The summed E-state index contributed by atoms with van der Waals surface area (Å²) in [7, 11) is 3.50. The number of hydrogen-bond acceptors (Lipinski definition) is 4. The van der Waals surface area contributed by atoms with Gasteiger partial charge in [-0.25, -0.2) is 4.79 Å². The summed E-state index contributed by atoms with van der Waals surface area (Å²) < 4.78 is 12.5.